The summed E-state index contributed by atoms with van der Waals surface area (Å²) in [5.74, 6) is 1.06. The molecular formula is C21H19Cl3N2O2. The number of ether oxygens (including phenoxy) is 2. The van der Waals surface area contributed by atoms with E-state index in [1.165, 1.54) is 0 Å². The molecule has 0 saturated heterocycles. The number of aromatic nitrogens is 1. The van der Waals surface area contributed by atoms with E-state index in [9.17, 15) is 0 Å². The van der Waals surface area contributed by atoms with Crippen molar-refractivity contribution in [1.29, 1.82) is 0 Å². The summed E-state index contributed by atoms with van der Waals surface area (Å²) in [7, 11) is 1.59. The molecule has 0 aliphatic heterocycles. The van der Waals surface area contributed by atoms with Crippen molar-refractivity contribution in [3.63, 3.8) is 0 Å². The molecule has 1 aromatic heterocycles. The number of nitrogens with zero attached hydrogens (tertiary/aromatic N) is 1. The molecule has 1 N–H and O–H groups in total. The Bertz CT molecular complexity index is 936. The van der Waals surface area contributed by atoms with E-state index in [4.69, 9.17) is 44.3 Å². The van der Waals surface area contributed by atoms with Crippen LogP contribution in [0.1, 0.15) is 16.8 Å². The number of methoxy groups -OCH3 is 1. The monoisotopic (exact) mass is 436 g/mol. The molecule has 0 spiro atoms. The molecule has 0 aliphatic rings. The smallest absolute Gasteiger partial charge is 0.180 e. The van der Waals surface area contributed by atoms with Crippen LogP contribution in [0, 0.1) is 0 Å². The van der Waals surface area contributed by atoms with Crippen molar-refractivity contribution in [1.82, 2.24) is 10.3 Å². The molecule has 0 unspecified atom stereocenters. The third-order valence-corrected chi connectivity index (χ3v) is 5.04. The number of pyridine rings is 1. The summed E-state index contributed by atoms with van der Waals surface area (Å²) in [6.45, 7) is 1.58. The topological polar surface area (TPSA) is 43.4 Å². The number of nitrogens with one attached hydrogen (secondary N) is 1. The number of benzene rings is 2. The van der Waals surface area contributed by atoms with Crippen LogP contribution < -0.4 is 14.8 Å². The molecule has 2 aromatic carbocycles. The van der Waals surface area contributed by atoms with Gasteiger partial charge in [-0.2, -0.15) is 0 Å². The molecule has 0 bridgehead atoms. The Hall–Kier alpha value is -1.98. The van der Waals surface area contributed by atoms with Gasteiger partial charge in [0, 0.05) is 19.3 Å². The van der Waals surface area contributed by atoms with Crippen LogP contribution in [0.4, 0.5) is 0 Å². The molecule has 3 rings (SSSR count). The van der Waals surface area contributed by atoms with Crippen LogP contribution >= 0.6 is 34.8 Å². The zero-order valence-corrected chi connectivity index (χ0v) is 17.5. The van der Waals surface area contributed by atoms with E-state index in [1.807, 2.05) is 36.4 Å². The lowest BCUT2D eigenvalue weighted by atomic mass is 10.2. The maximum Gasteiger partial charge on any atom is 0.180 e. The largest absolute Gasteiger partial charge is 0.493 e. The minimum atomic E-state index is 0.296. The number of hydrogen-bond donors (Lipinski definition) is 1. The van der Waals surface area contributed by atoms with Gasteiger partial charge in [-0.05, 0) is 47.5 Å². The zero-order valence-electron chi connectivity index (χ0n) is 15.2. The van der Waals surface area contributed by atoms with Gasteiger partial charge in [0.2, 0.25) is 0 Å². The van der Waals surface area contributed by atoms with E-state index in [2.05, 4.69) is 10.3 Å². The Kier molecular flexibility index (Phi) is 7.40. The van der Waals surface area contributed by atoms with Gasteiger partial charge in [0.05, 0.1) is 27.9 Å². The van der Waals surface area contributed by atoms with Gasteiger partial charge >= 0.3 is 0 Å². The minimum absolute atomic E-state index is 0.296. The summed E-state index contributed by atoms with van der Waals surface area (Å²) in [6.07, 6.45) is 1.77. The fraction of sp³-hybridized carbons (Fsp3) is 0.190. The Morgan fingerprint density at radius 3 is 2.43 bits per heavy atom. The van der Waals surface area contributed by atoms with E-state index in [0.29, 0.717) is 46.3 Å². The fourth-order valence-corrected chi connectivity index (χ4v) is 3.25. The van der Waals surface area contributed by atoms with Crippen LogP contribution in [0.25, 0.3) is 0 Å². The van der Waals surface area contributed by atoms with Gasteiger partial charge in [-0.15, -0.1) is 0 Å². The summed E-state index contributed by atoms with van der Waals surface area (Å²) in [5.41, 5.74) is 2.84. The van der Waals surface area contributed by atoms with Crippen LogP contribution in [-0.2, 0) is 19.7 Å². The average Bonchev–Trinajstić information content (AvgIpc) is 2.70. The third kappa shape index (κ3) is 5.52. The van der Waals surface area contributed by atoms with E-state index >= 15 is 0 Å². The second kappa shape index (κ2) is 9.99. The lowest BCUT2D eigenvalue weighted by molar-refractivity contribution is 0.284. The summed E-state index contributed by atoms with van der Waals surface area (Å²) in [4.78, 5) is 4.29. The van der Waals surface area contributed by atoms with Crippen LogP contribution in [0.3, 0.4) is 0 Å². The van der Waals surface area contributed by atoms with Crippen LogP contribution in [-0.4, -0.2) is 12.1 Å². The first-order valence-corrected chi connectivity index (χ1v) is 9.74. The van der Waals surface area contributed by atoms with Gasteiger partial charge in [0.15, 0.2) is 11.5 Å². The van der Waals surface area contributed by atoms with Crippen LogP contribution in [0.5, 0.6) is 11.5 Å². The second-order valence-electron chi connectivity index (χ2n) is 6.07. The molecule has 0 fully saturated rings. The first kappa shape index (κ1) is 20.7. The van der Waals surface area contributed by atoms with Gasteiger partial charge in [0.1, 0.15) is 6.61 Å². The minimum Gasteiger partial charge on any atom is -0.493 e. The van der Waals surface area contributed by atoms with Crippen molar-refractivity contribution in [2.45, 2.75) is 19.7 Å². The normalized spacial score (nSPS) is 10.7. The molecule has 0 saturated carbocycles. The van der Waals surface area contributed by atoms with Crippen molar-refractivity contribution >= 4 is 34.8 Å². The maximum atomic E-state index is 6.44. The summed E-state index contributed by atoms with van der Waals surface area (Å²) < 4.78 is 11.3. The predicted molar refractivity (Wildman–Crippen MR) is 114 cm³/mol. The highest BCUT2D eigenvalue weighted by Gasteiger charge is 2.13. The number of rotatable bonds is 8. The van der Waals surface area contributed by atoms with Gasteiger partial charge in [-0.3, -0.25) is 4.98 Å². The molecular weight excluding hydrogens is 419 g/mol. The van der Waals surface area contributed by atoms with E-state index in [0.717, 1.165) is 16.8 Å². The predicted octanol–water partition coefficient (Wildman–Crippen LogP) is 5.92. The number of hydrogen-bond acceptors (Lipinski definition) is 4. The first-order chi connectivity index (χ1) is 13.6. The van der Waals surface area contributed by atoms with E-state index in [-0.39, 0.29) is 0 Å². The van der Waals surface area contributed by atoms with E-state index in [1.54, 1.807) is 25.4 Å². The van der Waals surface area contributed by atoms with Crippen molar-refractivity contribution in [3.8, 4) is 11.5 Å². The fourth-order valence-electron chi connectivity index (χ4n) is 2.64. The lowest BCUT2D eigenvalue weighted by Gasteiger charge is -2.15. The van der Waals surface area contributed by atoms with Crippen LogP contribution in [0.15, 0.2) is 54.7 Å². The molecule has 0 radical (unpaired) electrons. The van der Waals surface area contributed by atoms with Crippen molar-refractivity contribution in [2.24, 2.45) is 0 Å². The first-order valence-electron chi connectivity index (χ1n) is 8.60. The summed E-state index contributed by atoms with van der Waals surface area (Å²) in [6, 6.07) is 14.9. The van der Waals surface area contributed by atoms with Crippen molar-refractivity contribution in [3.05, 3.63) is 86.6 Å². The Morgan fingerprint density at radius 2 is 1.71 bits per heavy atom. The molecule has 7 heteroatoms. The summed E-state index contributed by atoms with van der Waals surface area (Å²) in [5, 5.41) is 4.81. The highest BCUT2D eigenvalue weighted by Crippen LogP contribution is 2.37. The third-order valence-electron chi connectivity index (χ3n) is 4.02. The van der Waals surface area contributed by atoms with Crippen molar-refractivity contribution in [2.75, 3.05) is 7.11 Å². The second-order valence-corrected chi connectivity index (χ2v) is 7.29. The molecule has 0 atom stereocenters. The summed E-state index contributed by atoms with van der Waals surface area (Å²) >= 11 is 18.4. The Morgan fingerprint density at radius 1 is 0.893 bits per heavy atom. The molecule has 0 amide bonds. The van der Waals surface area contributed by atoms with Gasteiger partial charge < -0.3 is 14.8 Å². The quantitative estimate of drug-likeness (QED) is 0.475. The SMILES string of the molecule is COc1cc(CNCc2ccccn2)cc(Cl)c1OCc1ccc(Cl)c(Cl)c1. The highest BCUT2D eigenvalue weighted by atomic mass is 35.5. The zero-order chi connectivity index (χ0) is 19.9. The van der Waals surface area contributed by atoms with Gasteiger partial charge in [0.25, 0.3) is 0 Å². The Labute approximate surface area is 179 Å². The maximum absolute atomic E-state index is 6.44. The molecule has 4 nitrogen and oxygen atoms in total. The molecule has 1 heterocycles. The molecule has 3 aromatic rings. The molecule has 0 aliphatic carbocycles. The highest BCUT2D eigenvalue weighted by molar-refractivity contribution is 6.42. The van der Waals surface area contributed by atoms with E-state index < -0.39 is 0 Å². The van der Waals surface area contributed by atoms with Crippen LogP contribution in [0.2, 0.25) is 15.1 Å². The lowest BCUT2D eigenvalue weighted by Crippen LogP contribution is -2.13. The Balaban J connectivity index is 1.66. The number of halogens is 3. The molecule has 28 heavy (non-hydrogen) atoms. The standard InChI is InChI=1S/C21H19Cl3N2O2/c1-27-20-10-15(11-25-12-16-4-2-3-7-26-16)9-19(24)21(20)28-13-14-5-6-17(22)18(23)8-14/h2-10,25H,11-13H2,1H3. The average molecular weight is 438 g/mol. The van der Waals surface area contributed by atoms with Crippen molar-refractivity contribution < 1.29 is 9.47 Å². The molecule has 146 valence electrons. The van der Waals surface area contributed by atoms with Gasteiger partial charge in [-0.25, -0.2) is 0 Å². The van der Waals surface area contributed by atoms with Gasteiger partial charge in [-0.1, -0.05) is 46.9 Å².